The summed E-state index contributed by atoms with van der Waals surface area (Å²) in [7, 11) is 2.53. The molecule has 1 saturated heterocycles. The molecule has 1 heterocycles. The van der Waals surface area contributed by atoms with E-state index in [1.165, 1.54) is 31.3 Å². The minimum atomic E-state index is -0.585. The summed E-state index contributed by atoms with van der Waals surface area (Å²) < 4.78 is 9.29. The van der Waals surface area contributed by atoms with Crippen LogP contribution in [0.1, 0.15) is 16.8 Å². The average Bonchev–Trinajstić information content (AvgIpc) is 2.88. The van der Waals surface area contributed by atoms with Crippen molar-refractivity contribution in [1.29, 1.82) is 0 Å². The first-order chi connectivity index (χ1) is 9.97. The van der Waals surface area contributed by atoms with Crippen molar-refractivity contribution < 1.29 is 23.9 Å². The molecule has 6 nitrogen and oxygen atoms in total. The van der Waals surface area contributed by atoms with E-state index in [1.807, 2.05) is 0 Å². The largest absolute Gasteiger partial charge is 0.469 e. The molecule has 0 spiro atoms. The number of ether oxygens (including phenoxy) is 2. The first kappa shape index (κ1) is 15.3. The molecular weight excluding hydrogens is 298 g/mol. The SMILES string of the molecule is COC(=O)c1cc(N2C[C@@H](C(=O)OC)CC2=O)ccc1Cl. The van der Waals surface area contributed by atoms with Crippen LogP contribution in [-0.4, -0.2) is 38.6 Å². The van der Waals surface area contributed by atoms with Crippen LogP contribution in [0.25, 0.3) is 0 Å². The predicted molar refractivity (Wildman–Crippen MR) is 75.3 cm³/mol. The molecular formula is C14H14ClNO5. The van der Waals surface area contributed by atoms with Crippen molar-refractivity contribution in [2.45, 2.75) is 6.42 Å². The normalized spacial score (nSPS) is 17.8. The third-order valence-corrected chi connectivity index (χ3v) is 3.66. The lowest BCUT2D eigenvalue weighted by atomic mass is 10.1. The average molecular weight is 312 g/mol. The van der Waals surface area contributed by atoms with Crippen LogP contribution in [0.3, 0.4) is 0 Å². The number of esters is 2. The van der Waals surface area contributed by atoms with Gasteiger partial charge in [0.25, 0.3) is 0 Å². The van der Waals surface area contributed by atoms with Crippen LogP contribution in [0, 0.1) is 5.92 Å². The van der Waals surface area contributed by atoms with Gasteiger partial charge in [-0.1, -0.05) is 11.6 Å². The van der Waals surface area contributed by atoms with E-state index >= 15 is 0 Å². The molecule has 2 rings (SSSR count). The Morgan fingerprint density at radius 2 is 2.00 bits per heavy atom. The second-order valence-corrected chi connectivity index (χ2v) is 4.99. The maximum absolute atomic E-state index is 12.0. The molecule has 1 aliphatic rings. The summed E-state index contributed by atoms with van der Waals surface area (Å²) >= 11 is 5.94. The van der Waals surface area contributed by atoms with Gasteiger partial charge in [-0.2, -0.15) is 0 Å². The number of methoxy groups -OCH3 is 2. The fourth-order valence-corrected chi connectivity index (χ4v) is 2.42. The Bertz CT molecular complexity index is 601. The quantitative estimate of drug-likeness (QED) is 0.794. The predicted octanol–water partition coefficient (Wildman–Crippen LogP) is 1.65. The summed E-state index contributed by atoms with van der Waals surface area (Å²) in [5.74, 6) is -1.71. The van der Waals surface area contributed by atoms with Gasteiger partial charge in [0, 0.05) is 18.7 Å². The first-order valence-electron chi connectivity index (χ1n) is 6.24. The molecule has 1 aromatic rings. The zero-order chi connectivity index (χ0) is 15.6. The number of halogens is 1. The Morgan fingerprint density at radius 1 is 1.29 bits per heavy atom. The standard InChI is InChI=1S/C14H14ClNO5/c1-20-13(18)8-5-12(17)16(7-8)9-3-4-11(15)10(6-9)14(19)21-2/h3-4,6,8H,5,7H2,1-2H3/t8-/m0/s1. The summed E-state index contributed by atoms with van der Waals surface area (Å²) in [6.45, 7) is 0.216. The number of hydrogen-bond acceptors (Lipinski definition) is 5. The number of anilines is 1. The van der Waals surface area contributed by atoms with Crippen molar-refractivity contribution in [3.8, 4) is 0 Å². The monoisotopic (exact) mass is 311 g/mol. The van der Waals surface area contributed by atoms with Gasteiger partial charge >= 0.3 is 11.9 Å². The fourth-order valence-electron chi connectivity index (χ4n) is 2.23. The molecule has 1 fully saturated rings. The van der Waals surface area contributed by atoms with E-state index in [9.17, 15) is 14.4 Å². The summed E-state index contributed by atoms with van der Waals surface area (Å²) in [6, 6.07) is 4.61. The van der Waals surface area contributed by atoms with Gasteiger partial charge < -0.3 is 14.4 Å². The second-order valence-electron chi connectivity index (χ2n) is 4.58. The van der Waals surface area contributed by atoms with Gasteiger partial charge in [-0.3, -0.25) is 9.59 Å². The first-order valence-corrected chi connectivity index (χ1v) is 6.61. The van der Waals surface area contributed by atoms with Crippen molar-refractivity contribution in [1.82, 2.24) is 0 Å². The Hall–Kier alpha value is -2.08. The van der Waals surface area contributed by atoms with E-state index in [0.29, 0.717) is 5.69 Å². The molecule has 0 unspecified atom stereocenters. The highest BCUT2D eigenvalue weighted by molar-refractivity contribution is 6.33. The van der Waals surface area contributed by atoms with E-state index in [-0.39, 0.29) is 29.5 Å². The molecule has 1 atom stereocenters. The number of rotatable bonds is 3. The number of benzene rings is 1. The summed E-state index contributed by atoms with van der Waals surface area (Å²) in [5, 5.41) is 0.238. The molecule has 0 aromatic heterocycles. The summed E-state index contributed by atoms with van der Waals surface area (Å²) in [4.78, 5) is 36.6. The molecule has 0 aliphatic carbocycles. The molecule has 21 heavy (non-hydrogen) atoms. The van der Waals surface area contributed by atoms with E-state index in [4.69, 9.17) is 11.6 Å². The van der Waals surface area contributed by atoms with Crippen molar-refractivity contribution in [2.75, 3.05) is 25.7 Å². The number of carbonyl (C=O) groups is 3. The summed E-state index contributed by atoms with van der Waals surface area (Å²) in [5.41, 5.74) is 0.669. The zero-order valence-corrected chi connectivity index (χ0v) is 12.3. The van der Waals surface area contributed by atoms with Crippen LogP contribution >= 0.6 is 11.6 Å². The van der Waals surface area contributed by atoms with Crippen LogP contribution in [-0.2, 0) is 19.1 Å². The van der Waals surface area contributed by atoms with Crippen LogP contribution < -0.4 is 4.90 Å². The van der Waals surface area contributed by atoms with Gasteiger partial charge in [-0.25, -0.2) is 4.79 Å². The van der Waals surface area contributed by atoms with Gasteiger partial charge in [0.05, 0.1) is 30.7 Å². The smallest absolute Gasteiger partial charge is 0.339 e. The third kappa shape index (κ3) is 3.00. The Morgan fingerprint density at radius 3 is 2.62 bits per heavy atom. The fraction of sp³-hybridized carbons (Fsp3) is 0.357. The Balaban J connectivity index is 2.28. The minimum absolute atomic E-state index is 0.0862. The third-order valence-electron chi connectivity index (χ3n) is 3.33. The molecule has 1 amide bonds. The molecule has 1 aromatic carbocycles. The second kappa shape index (κ2) is 6.13. The lowest BCUT2D eigenvalue weighted by molar-refractivity contribution is -0.145. The van der Waals surface area contributed by atoms with Gasteiger partial charge in [0.15, 0.2) is 0 Å². The van der Waals surface area contributed by atoms with Gasteiger partial charge in [-0.15, -0.1) is 0 Å². The van der Waals surface area contributed by atoms with E-state index in [2.05, 4.69) is 9.47 Å². The molecule has 7 heteroatoms. The highest BCUT2D eigenvalue weighted by atomic mass is 35.5. The minimum Gasteiger partial charge on any atom is -0.469 e. The van der Waals surface area contributed by atoms with Gasteiger partial charge in [0.2, 0.25) is 5.91 Å². The molecule has 0 N–H and O–H groups in total. The van der Waals surface area contributed by atoms with Crippen LogP contribution in [0.15, 0.2) is 18.2 Å². The van der Waals surface area contributed by atoms with Crippen molar-refractivity contribution >= 4 is 35.1 Å². The zero-order valence-electron chi connectivity index (χ0n) is 11.6. The van der Waals surface area contributed by atoms with Gasteiger partial charge in [0.1, 0.15) is 0 Å². The van der Waals surface area contributed by atoms with Crippen molar-refractivity contribution in [2.24, 2.45) is 5.92 Å². The molecule has 0 saturated carbocycles. The molecule has 0 bridgehead atoms. The lowest BCUT2D eigenvalue weighted by Crippen LogP contribution is -2.26. The maximum Gasteiger partial charge on any atom is 0.339 e. The lowest BCUT2D eigenvalue weighted by Gasteiger charge is -2.17. The Kier molecular flexibility index (Phi) is 4.47. The van der Waals surface area contributed by atoms with Gasteiger partial charge in [-0.05, 0) is 18.2 Å². The van der Waals surface area contributed by atoms with E-state index in [1.54, 1.807) is 6.07 Å². The molecule has 0 radical (unpaired) electrons. The molecule has 1 aliphatic heterocycles. The maximum atomic E-state index is 12.0. The number of hydrogen-bond donors (Lipinski definition) is 0. The highest BCUT2D eigenvalue weighted by Crippen LogP contribution is 2.29. The topological polar surface area (TPSA) is 72.9 Å². The Labute approximate surface area is 126 Å². The summed E-state index contributed by atoms with van der Waals surface area (Å²) in [6.07, 6.45) is 0.0862. The highest BCUT2D eigenvalue weighted by Gasteiger charge is 2.36. The van der Waals surface area contributed by atoms with E-state index < -0.39 is 17.9 Å². The number of amides is 1. The van der Waals surface area contributed by atoms with Crippen LogP contribution in [0.4, 0.5) is 5.69 Å². The molecule has 112 valence electrons. The van der Waals surface area contributed by atoms with E-state index in [0.717, 1.165) is 0 Å². The number of carbonyl (C=O) groups excluding carboxylic acids is 3. The van der Waals surface area contributed by atoms with Crippen molar-refractivity contribution in [3.05, 3.63) is 28.8 Å². The number of nitrogens with zero attached hydrogens (tertiary/aromatic N) is 1. The van der Waals surface area contributed by atoms with Crippen LogP contribution in [0.5, 0.6) is 0 Å². The van der Waals surface area contributed by atoms with Crippen molar-refractivity contribution in [3.63, 3.8) is 0 Å². The van der Waals surface area contributed by atoms with Crippen LogP contribution in [0.2, 0.25) is 5.02 Å².